The normalized spacial score (nSPS) is 26.7. The zero-order chi connectivity index (χ0) is 22.3. The van der Waals surface area contributed by atoms with Crippen LogP contribution in [0, 0.1) is 18.2 Å². The molecule has 0 bridgehead atoms. The number of ether oxygens (including phenoxy) is 1. The van der Waals surface area contributed by atoms with Gasteiger partial charge in [0.2, 0.25) is 0 Å². The van der Waals surface area contributed by atoms with Gasteiger partial charge in [0.1, 0.15) is 23.2 Å². The maximum absolute atomic E-state index is 14.2. The molecule has 0 aliphatic carbocycles. The maximum atomic E-state index is 14.2. The van der Waals surface area contributed by atoms with Crippen LogP contribution in [-0.2, 0) is 4.74 Å². The molecular weight excluding hydrogens is 427 g/mol. The zero-order valence-electron chi connectivity index (χ0n) is 16.4. The molecule has 10 heteroatoms. The van der Waals surface area contributed by atoms with Crippen molar-refractivity contribution in [2.24, 2.45) is 0 Å². The highest BCUT2D eigenvalue weighted by Crippen LogP contribution is 2.39. The Morgan fingerprint density at radius 1 is 1.42 bits per heavy atom. The molecule has 0 spiro atoms. The summed E-state index contributed by atoms with van der Waals surface area (Å²) < 4.78 is 21.0. The van der Waals surface area contributed by atoms with E-state index in [0.717, 1.165) is 0 Å². The number of pyridine rings is 1. The highest BCUT2D eigenvalue weighted by molar-refractivity contribution is 6.30. The predicted octanol–water partition coefficient (Wildman–Crippen LogP) is 2.01. The molecule has 0 unspecified atom stereocenters. The van der Waals surface area contributed by atoms with Gasteiger partial charge >= 0.3 is 0 Å². The number of nitrogens with zero attached hydrogens (tertiary/aromatic N) is 3. The minimum Gasteiger partial charge on any atom is -0.392 e. The van der Waals surface area contributed by atoms with Crippen molar-refractivity contribution in [2.75, 3.05) is 11.9 Å². The molecule has 1 saturated heterocycles. The number of hydrogen-bond acceptors (Lipinski definition) is 7. The first-order valence-electron chi connectivity index (χ1n) is 9.48. The van der Waals surface area contributed by atoms with Gasteiger partial charge < -0.3 is 25.4 Å². The molecule has 0 saturated carbocycles. The molecule has 2 aromatic heterocycles. The second kappa shape index (κ2) is 8.07. The molecular formula is C21H20ClFN4O4. The van der Waals surface area contributed by atoms with E-state index >= 15 is 0 Å². The molecule has 3 heterocycles. The SMILES string of the molecule is C#C[C@]1(CO)O[C@@H](n2ncc3c(N[C@@H](C)c4ccccc4F)cc(Cl)nc32)[C@H](O)[C@@H]1O. The summed E-state index contributed by atoms with van der Waals surface area (Å²) in [7, 11) is 0. The summed E-state index contributed by atoms with van der Waals surface area (Å²) in [6, 6.07) is 7.59. The van der Waals surface area contributed by atoms with Crippen molar-refractivity contribution in [1.29, 1.82) is 0 Å². The van der Waals surface area contributed by atoms with Gasteiger partial charge in [-0.2, -0.15) is 5.10 Å². The minimum absolute atomic E-state index is 0.121. The average Bonchev–Trinajstić information content (AvgIpc) is 3.28. The molecule has 8 nitrogen and oxygen atoms in total. The van der Waals surface area contributed by atoms with Crippen LogP contribution in [0.25, 0.3) is 11.0 Å². The van der Waals surface area contributed by atoms with E-state index < -0.39 is 36.7 Å². The van der Waals surface area contributed by atoms with E-state index in [2.05, 4.69) is 21.3 Å². The van der Waals surface area contributed by atoms with E-state index in [9.17, 15) is 19.7 Å². The number of anilines is 1. The number of aliphatic hydroxyl groups excluding tert-OH is 3. The summed E-state index contributed by atoms with van der Waals surface area (Å²) in [5.74, 6) is 1.86. The fourth-order valence-corrected chi connectivity index (χ4v) is 3.90. The Kier molecular flexibility index (Phi) is 5.60. The van der Waals surface area contributed by atoms with E-state index in [1.165, 1.54) is 16.9 Å². The summed E-state index contributed by atoms with van der Waals surface area (Å²) in [4.78, 5) is 4.26. The van der Waals surface area contributed by atoms with Crippen molar-refractivity contribution in [3.05, 3.63) is 53.1 Å². The first kappa shape index (κ1) is 21.5. The number of aliphatic hydroxyl groups is 3. The fraction of sp³-hybridized carbons (Fsp3) is 0.333. The van der Waals surface area contributed by atoms with Crippen LogP contribution < -0.4 is 5.32 Å². The van der Waals surface area contributed by atoms with Crippen LogP contribution >= 0.6 is 11.6 Å². The number of rotatable bonds is 5. The fourth-order valence-electron chi connectivity index (χ4n) is 3.71. The van der Waals surface area contributed by atoms with E-state index in [0.29, 0.717) is 16.6 Å². The summed E-state index contributed by atoms with van der Waals surface area (Å²) >= 11 is 6.20. The second-order valence-corrected chi connectivity index (χ2v) is 7.73. The van der Waals surface area contributed by atoms with E-state index in [4.69, 9.17) is 22.8 Å². The van der Waals surface area contributed by atoms with Gasteiger partial charge in [-0.3, -0.25) is 0 Å². The number of aromatic nitrogens is 3. The van der Waals surface area contributed by atoms with Gasteiger partial charge in [-0.25, -0.2) is 14.1 Å². The molecule has 1 aliphatic rings. The first-order chi connectivity index (χ1) is 14.8. The smallest absolute Gasteiger partial charge is 0.183 e. The lowest BCUT2D eigenvalue weighted by Gasteiger charge is -2.23. The first-order valence-corrected chi connectivity index (χ1v) is 9.86. The maximum Gasteiger partial charge on any atom is 0.183 e. The van der Waals surface area contributed by atoms with Crippen LogP contribution in [-0.4, -0.2) is 54.5 Å². The number of benzene rings is 1. The molecule has 162 valence electrons. The molecule has 1 aromatic carbocycles. The van der Waals surface area contributed by atoms with Crippen molar-refractivity contribution in [3.8, 4) is 12.3 Å². The lowest BCUT2D eigenvalue weighted by atomic mass is 9.97. The Labute approximate surface area is 182 Å². The van der Waals surface area contributed by atoms with Crippen LogP contribution in [0.3, 0.4) is 0 Å². The highest BCUT2D eigenvalue weighted by atomic mass is 35.5. The number of fused-ring (bicyclic) bond motifs is 1. The van der Waals surface area contributed by atoms with Crippen LogP contribution in [0.2, 0.25) is 5.15 Å². The third-order valence-electron chi connectivity index (χ3n) is 5.42. The molecule has 1 aliphatic heterocycles. The number of halogens is 2. The van der Waals surface area contributed by atoms with Crippen LogP contribution in [0.15, 0.2) is 36.5 Å². The molecule has 0 amide bonds. The number of hydrogen-bond donors (Lipinski definition) is 4. The van der Waals surface area contributed by atoms with Gasteiger partial charge in [-0.15, -0.1) is 6.42 Å². The number of terminal acetylenes is 1. The van der Waals surface area contributed by atoms with Gasteiger partial charge in [0.15, 0.2) is 17.5 Å². The highest BCUT2D eigenvalue weighted by Gasteiger charge is 2.54. The Morgan fingerprint density at radius 3 is 2.81 bits per heavy atom. The summed E-state index contributed by atoms with van der Waals surface area (Å²) in [6.45, 7) is 1.10. The zero-order valence-corrected chi connectivity index (χ0v) is 17.2. The molecule has 5 atom stereocenters. The lowest BCUT2D eigenvalue weighted by molar-refractivity contribution is -0.0947. The van der Waals surface area contributed by atoms with Gasteiger partial charge in [-0.05, 0) is 19.1 Å². The Hall–Kier alpha value is -2.74. The topological polar surface area (TPSA) is 113 Å². The van der Waals surface area contributed by atoms with Crippen molar-refractivity contribution in [3.63, 3.8) is 0 Å². The molecule has 31 heavy (non-hydrogen) atoms. The molecule has 4 rings (SSSR count). The summed E-state index contributed by atoms with van der Waals surface area (Å²) in [5, 5.41) is 38.5. The Balaban J connectivity index is 1.73. The van der Waals surface area contributed by atoms with Gasteiger partial charge in [0.25, 0.3) is 0 Å². The molecule has 0 radical (unpaired) electrons. The van der Waals surface area contributed by atoms with Crippen molar-refractivity contribution >= 4 is 28.3 Å². The average molecular weight is 447 g/mol. The molecule has 1 fully saturated rings. The monoisotopic (exact) mass is 446 g/mol. The van der Waals surface area contributed by atoms with E-state index in [1.807, 2.05) is 0 Å². The van der Waals surface area contributed by atoms with Crippen molar-refractivity contribution in [2.45, 2.75) is 37.0 Å². The van der Waals surface area contributed by atoms with Gasteiger partial charge in [-0.1, -0.05) is 35.7 Å². The summed E-state index contributed by atoms with van der Waals surface area (Å²) in [5.41, 5.74) is -0.523. The largest absolute Gasteiger partial charge is 0.392 e. The molecule has 3 aromatic rings. The van der Waals surface area contributed by atoms with Crippen LogP contribution in [0.1, 0.15) is 24.8 Å². The van der Waals surface area contributed by atoms with E-state index in [-0.39, 0.29) is 16.6 Å². The Bertz CT molecular complexity index is 1170. The lowest BCUT2D eigenvalue weighted by Crippen LogP contribution is -2.44. The van der Waals surface area contributed by atoms with Gasteiger partial charge in [0.05, 0.1) is 29.9 Å². The van der Waals surface area contributed by atoms with Crippen molar-refractivity contribution < 1.29 is 24.4 Å². The van der Waals surface area contributed by atoms with Crippen LogP contribution in [0.4, 0.5) is 10.1 Å². The summed E-state index contributed by atoms with van der Waals surface area (Å²) in [6.07, 6.45) is 2.68. The quantitative estimate of drug-likeness (QED) is 0.350. The predicted molar refractivity (Wildman–Crippen MR) is 112 cm³/mol. The third kappa shape index (κ3) is 3.52. The van der Waals surface area contributed by atoms with Crippen LogP contribution in [0.5, 0.6) is 0 Å². The third-order valence-corrected chi connectivity index (χ3v) is 5.62. The minimum atomic E-state index is -1.78. The number of nitrogens with one attached hydrogen (secondary N) is 1. The van der Waals surface area contributed by atoms with E-state index in [1.54, 1.807) is 31.2 Å². The van der Waals surface area contributed by atoms with Gasteiger partial charge in [0, 0.05) is 5.56 Å². The Morgan fingerprint density at radius 2 is 2.16 bits per heavy atom. The molecule has 4 N–H and O–H groups in total. The second-order valence-electron chi connectivity index (χ2n) is 7.34. The van der Waals surface area contributed by atoms with Crippen molar-refractivity contribution in [1.82, 2.24) is 14.8 Å². The standard InChI is InChI=1S/C21H20ClFN4O4/c1-3-21(10-28)18(30)17(29)20(31-21)27-19-13(9-24-27)15(8-16(22)26-19)25-11(2)12-6-4-5-7-14(12)23/h1,4-9,11,17-18,20,28-30H,10H2,2H3,(H,25,26)/t11-,17+,18-,20+,21+/m0/s1.